The Balaban J connectivity index is 1.47. The van der Waals surface area contributed by atoms with E-state index in [1.165, 1.54) is 5.56 Å². The van der Waals surface area contributed by atoms with Crippen LogP contribution in [-0.4, -0.2) is 34.1 Å². The summed E-state index contributed by atoms with van der Waals surface area (Å²) in [6, 6.07) is 12.6. The minimum absolute atomic E-state index is 0.396. The first-order valence-corrected chi connectivity index (χ1v) is 7.86. The lowest BCUT2D eigenvalue weighted by atomic mass is 10.1. The highest BCUT2D eigenvalue weighted by atomic mass is 15.3. The van der Waals surface area contributed by atoms with Crippen molar-refractivity contribution in [2.24, 2.45) is 0 Å². The zero-order chi connectivity index (χ0) is 15.8. The molecule has 1 fully saturated rings. The lowest BCUT2D eigenvalue weighted by molar-refractivity contribution is 0.543. The SMILES string of the molecule is Cc1cc(C)c2ccc(NC3CN(c4ccccn4)C3)nc2n1. The van der Waals surface area contributed by atoms with Crippen LogP contribution < -0.4 is 10.2 Å². The second-order valence-electron chi connectivity index (χ2n) is 6.08. The summed E-state index contributed by atoms with van der Waals surface area (Å²) in [5.41, 5.74) is 3.04. The molecule has 1 aliphatic heterocycles. The number of hydrogen-bond donors (Lipinski definition) is 1. The molecule has 5 heteroatoms. The van der Waals surface area contributed by atoms with Crippen molar-refractivity contribution in [3.63, 3.8) is 0 Å². The van der Waals surface area contributed by atoms with E-state index in [0.29, 0.717) is 6.04 Å². The van der Waals surface area contributed by atoms with Crippen LogP contribution >= 0.6 is 0 Å². The van der Waals surface area contributed by atoms with E-state index in [1.807, 2.05) is 37.4 Å². The maximum Gasteiger partial charge on any atom is 0.162 e. The molecular formula is C18H19N5. The molecule has 0 aliphatic carbocycles. The van der Waals surface area contributed by atoms with Crippen LogP contribution in [0.4, 0.5) is 11.6 Å². The summed E-state index contributed by atoms with van der Waals surface area (Å²) < 4.78 is 0. The number of nitrogens with zero attached hydrogens (tertiary/aromatic N) is 4. The maximum absolute atomic E-state index is 4.66. The zero-order valence-corrected chi connectivity index (χ0v) is 13.3. The third-order valence-electron chi connectivity index (χ3n) is 4.21. The minimum atomic E-state index is 0.396. The largest absolute Gasteiger partial charge is 0.364 e. The van der Waals surface area contributed by atoms with Crippen molar-refractivity contribution in [2.75, 3.05) is 23.3 Å². The fraction of sp³-hybridized carbons (Fsp3) is 0.278. The molecule has 0 saturated carbocycles. The van der Waals surface area contributed by atoms with Crippen molar-refractivity contribution in [1.29, 1.82) is 0 Å². The standard InChI is InChI=1S/C18H19N5/c1-12-9-13(2)20-18-15(12)6-7-16(22-18)21-14-10-23(11-14)17-5-3-4-8-19-17/h3-9,14H,10-11H2,1-2H3,(H,20,21,22). The fourth-order valence-electron chi connectivity index (χ4n) is 3.02. The molecule has 5 nitrogen and oxygen atoms in total. The van der Waals surface area contributed by atoms with Crippen LogP contribution in [-0.2, 0) is 0 Å². The smallest absolute Gasteiger partial charge is 0.162 e. The molecule has 23 heavy (non-hydrogen) atoms. The lowest BCUT2D eigenvalue weighted by Gasteiger charge is -2.40. The first-order chi connectivity index (χ1) is 11.2. The molecule has 1 aliphatic rings. The number of fused-ring (bicyclic) bond motifs is 1. The molecule has 4 heterocycles. The normalized spacial score (nSPS) is 14.8. The number of pyridine rings is 3. The highest BCUT2D eigenvalue weighted by molar-refractivity contribution is 5.80. The van der Waals surface area contributed by atoms with Gasteiger partial charge in [-0.05, 0) is 49.7 Å². The molecule has 0 amide bonds. The highest BCUT2D eigenvalue weighted by Gasteiger charge is 2.27. The van der Waals surface area contributed by atoms with Gasteiger partial charge >= 0.3 is 0 Å². The lowest BCUT2D eigenvalue weighted by Crippen LogP contribution is -2.55. The molecule has 3 aromatic heterocycles. The molecule has 0 atom stereocenters. The van der Waals surface area contributed by atoms with Crippen molar-refractivity contribution in [3.05, 3.63) is 53.9 Å². The molecule has 0 unspecified atom stereocenters. The molecule has 1 saturated heterocycles. The van der Waals surface area contributed by atoms with E-state index in [1.54, 1.807) is 0 Å². The van der Waals surface area contributed by atoms with Gasteiger partial charge in [0.05, 0.1) is 6.04 Å². The Morgan fingerprint density at radius 2 is 1.96 bits per heavy atom. The first-order valence-electron chi connectivity index (χ1n) is 7.86. The van der Waals surface area contributed by atoms with Gasteiger partial charge in [-0.3, -0.25) is 0 Å². The van der Waals surface area contributed by atoms with Crippen molar-refractivity contribution < 1.29 is 0 Å². The third-order valence-corrected chi connectivity index (χ3v) is 4.21. The monoisotopic (exact) mass is 305 g/mol. The van der Waals surface area contributed by atoms with E-state index in [2.05, 4.69) is 44.2 Å². The Labute approximate surface area is 135 Å². The van der Waals surface area contributed by atoms with E-state index in [0.717, 1.165) is 41.5 Å². The van der Waals surface area contributed by atoms with Crippen molar-refractivity contribution in [3.8, 4) is 0 Å². The summed E-state index contributed by atoms with van der Waals surface area (Å²) >= 11 is 0. The number of aryl methyl sites for hydroxylation is 2. The van der Waals surface area contributed by atoms with Gasteiger partial charge in [-0.2, -0.15) is 0 Å². The van der Waals surface area contributed by atoms with Gasteiger partial charge < -0.3 is 10.2 Å². The Hall–Kier alpha value is -2.69. The van der Waals surface area contributed by atoms with Gasteiger partial charge in [0.1, 0.15) is 11.6 Å². The van der Waals surface area contributed by atoms with E-state index in [4.69, 9.17) is 0 Å². The van der Waals surface area contributed by atoms with Gasteiger partial charge in [-0.15, -0.1) is 0 Å². The van der Waals surface area contributed by atoms with Crippen LogP contribution in [0.25, 0.3) is 11.0 Å². The average Bonchev–Trinajstić information content (AvgIpc) is 2.50. The molecule has 0 aromatic carbocycles. The Morgan fingerprint density at radius 3 is 2.74 bits per heavy atom. The van der Waals surface area contributed by atoms with E-state index in [-0.39, 0.29) is 0 Å². The number of hydrogen-bond acceptors (Lipinski definition) is 5. The van der Waals surface area contributed by atoms with E-state index < -0.39 is 0 Å². The highest BCUT2D eigenvalue weighted by Crippen LogP contribution is 2.22. The van der Waals surface area contributed by atoms with Crippen LogP contribution in [0.5, 0.6) is 0 Å². The van der Waals surface area contributed by atoms with Gasteiger partial charge in [-0.1, -0.05) is 6.07 Å². The van der Waals surface area contributed by atoms with Crippen LogP contribution in [0.2, 0.25) is 0 Å². The second-order valence-corrected chi connectivity index (χ2v) is 6.08. The topological polar surface area (TPSA) is 53.9 Å². The van der Waals surface area contributed by atoms with Crippen LogP contribution in [0.1, 0.15) is 11.3 Å². The van der Waals surface area contributed by atoms with Crippen LogP contribution in [0, 0.1) is 13.8 Å². The van der Waals surface area contributed by atoms with E-state index >= 15 is 0 Å². The Morgan fingerprint density at radius 1 is 1.09 bits per heavy atom. The Bertz CT molecular complexity index is 841. The minimum Gasteiger partial charge on any atom is -0.364 e. The molecule has 3 aromatic rings. The van der Waals surface area contributed by atoms with Gasteiger partial charge in [0.25, 0.3) is 0 Å². The maximum atomic E-state index is 4.66. The molecule has 4 rings (SSSR count). The van der Waals surface area contributed by atoms with Crippen molar-refractivity contribution >= 4 is 22.7 Å². The molecule has 116 valence electrons. The summed E-state index contributed by atoms with van der Waals surface area (Å²) in [6.45, 7) is 5.99. The second kappa shape index (κ2) is 5.50. The molecule has 0 radical (unpaired) electrons. The molecule has 0 bridgehead atoms. The molecular weight excluding hydrogens is 286 g/mol. The van der Waals surface area contributed by atoms with E-state index in [9.17, 15) is 0 Å². The summed E-state index contributed by atoms with van der Waals surface area (Å²) in [7, 11) is 0. The van der Waals surface area contributed by atoms with Crippen LogP contribution in [0.3, 0.4) is 0 Å². The average molecular weight is 305 g/mol. The summed E-state index contributed by atoms with van der Waals surface area (Å²) in [4.78, 5) is 15.8. The summed E-state index contributed by atoms with van der Waals surface area (Å²) in [5, 5.41) is 4.60. The van der Waals surface area contributed by atoms with Crippen molar-refractivity contribution in [2.45, 2.75) is 19.9 Å². The zero-order valence-electron chi connectivity index (χ0n) is 13.3. The number of aromatic nitrogens is 3. The molecule has 0 spiro atoms. The van der Waals surface area contributed by atoms with Crippen LogP contribution in [0.15, 0.2) is 42.6 Å². The predicted molar refractivity (Wildman–Crippen MR) is 92.9 cm³/mol. The van der Waals surface area contributed by atoms with Crippen molar-refractivity contribution in [1.82, 2.24) is 15.0 Å². The predicted octanol–water partition coefficient (Wildman–Crippen LogP) is 2.94. The fourth-order valence-corrected chi connectivity index (χ4v) is 3.02. The van der Waals surface area contributed by atoms with Gasteiger partial charge in [0, 0.05) is 30.4 Å². The third kappa shape index (κ3) is 2.70. The number of anilines is 2. The van der Waals surface area contributed by atoms with Gasteiger partial charge in [0.2, 0.25) is 0 Å². The number of nitrogens with one attached hydrogen (secondary N) is 1. The van der Waals surface area contributed by atoms with Gasteiger partial charge in [0.15, 0.2) is 5.65 Å². The quantitative estimate of drug-likeness (QED) is 0.806. The first kappa shape index (κ1) is 13.9. The molecule has 1 N–H and O–H groups in total. The summed E-state index contributed by atoms with van der Waals surface area (Å²) in [6.07, 6.45) is 1.83. The van der Waals surface area contributed by atoms with Gasteiger partial charge in [-0.25, -0.2) is 15.0 Å². The Kier molecular flexibility index (Phi) is 3.33. The summed E-state index contributed by atoms with van der Waals surface area (Å²) in [5.74, 6) is 1.92. The number of rotatable bonds is 3.